The molecule has 35 heavy (non-hydrogen) atoms. The molecule has 1 aliphatic heterocycles. The van der Waals surface area contributed by atoms with Crippen LogP contribution in [0.1, 0.15) is 16.7 Å². The minimum atomic E-state index is 0.0365. The maximum atomic E-state index is 12.9. The van der Waals surface area contributed by atoms with E-state index in [1.807, 2.05) is 60.1 Å². The molecule has 8 heteroatoms. The molecule has 0 saturated carbocycles. The smallest absolute Gasteiger partial charge is 0.233 e. The Labute approximate surface area is 208 Å². The molecule has 0 aliphatic carbocycles. The van der Waals surface area contributed by atoms with E-state index in [-0.39, 0.29) is 18.5 Å². The van der Waals surface area contributed by atoms with E-state index in [1.165, 1.54) is 17.3 Å². The average molecular weight is 487 g/mol. The van der Waals surface area contributed by atoms with E-state index in [4.69, 9.17) is 9.47 Å². The number of hydrogen-bond acceptors (Lipinski definition) is 6. The van der Waals surface area contributed by atoms with Crippen LogP contribution in [-0.4, -0.2) is 45.2 Å². The first-order valence-electron chi connectivity index (χ1n) is 11.4. The van der Waals surface area contributed by atoms with Gasteiger partial charge in [-0.2, -0.15) is 0 Å². The molecule has 1 aromatic heterocycles. The third kappa shape index (κ3) is 5.33. The second-order valence-electron chi connectivity index (χ2n) is 8.47. The number of nitrogens with zero attached hydrogens (tertiary/aromatic N) is 4. The SMILES string of the molecule is Cc1ccc(CN(C)C(=O)CSc2nnc(-c3ccccc3)n2Cc2ccc3c(c2)OCO3)cc1. The molecule has 7 nitrogen and oxygen atoms in total. The van der Waals surface area contributed by atoms with Crippen molar-refractivity contribution < 1.29 is 14.3 Å². The number of fused-ring (bicyclic) bond motifs is 1. The summed E-state index contributed by atoms with van der Waals surface area (Å²) in [5.74, 6) is 2.55. The van der Waals surface area contributed by atoms with Crippen molar-refractivity contribution in [3.8, 4) is 22.9 Å². The Morgan fingerprint density at radius 3 is 2.51 bits per heavy atom. The molecular weight excluding hydrogens is 460 g/mol. The third-order valence-corrected chi connectivity index (χ3v) is 6.77. The van der Waals surface area contributed by atoms with Crippen LogP contribution in [0.15, 0.2) is 78.0 Å². The van der Waals surface area contributed by atoms with Gasteiger partial charge in [-0.15, -0.1) is 10.2 Å². The van der Waals surface area contributed by atoms with E-state index in [0.717, 1.165) is 34.0 Å². The second kappa shape index (κ2) is 10.2. The molecule has 4 aromatic rings. The van der Waals surface area contributed by atoms with E-state index >= 15 is 0 Å². The highest BCUT2D eigenvalue weighted by Gasteiger charge is 2.19. The summed E-state index contributed by atoms with van der Waals surface area (Å²) in [6.45, 7) is 3.40. The van der Waals surface area contributed by atoms with Crippen LogP contribution in [0, 0.1) is 6.92 Å². The van der Waals surface area contributed by atoms with Crippen LogP contribution >= 0.6 is 11.8 Å². The van der Waals surface area contributed by atoms with E-state index in [2.05, 4.69) is 41.4 Å². The fourth-order valence-corrected chi connectivity index (χ4v) is 4.73. The quantitative estimate of drug-likeness (QED) is 0.334. The van der Waals surface area contributed by atoms with Crippen LogP contribution in [0.4, 0.5) is 0 Å². The maximum absolute atomic E-state index is 12.9. The molecule has 1 amide bonds. The molecule has 0 N–H and O–H groups in total. The number of aromatic nitrogens is 3. The highest BCUT2D eigenvalue weighted by molar-refractivity contribution is 7.99. The molecule has 1 aliphatic rings. The lowest BCUT2D eigenvalue weighted by atomic mass is 10.1. The van der Waals surface area contributed by atoms with Crippen molar-refractivity contribution in [1.82, 2.24) is 19.7 Å². The van der Waals surface area contributed by atoms with Gasteiger partial charge in [-0.3, -0.25) is 9.36 Å². The van der Waals surface area contributed by atoms with Gasteiger partial charge in [0.25, 0.3) is 0 Å². The van der Waals surface area contributed by atoms with Crippen molar-refractivity contribution in [2.24, 2.45) is 0 Å². The van der Waals surface area contributed by atoms with Gasteiger partial charge in [0.1, 0.15) is 0 Å². The first-order chi connectivity index (χ1) is 17.1. The molecule has 0 saturated heterocycles. The summed E-state index contributed by atoms with van der Waals surface area (Å²) in [4.78, 5) is 14.6. The van der Waals surface area contributed by atoms with Crippen molar-refractivity contribution in [3.05, 3.63) is 89.5 Å². The van der Waals surface area contributed by atoms with E-state index in [9.17, 15) is 4.79 Å². The average Bonchev–Trinajstić information content (AvgIpc) is 3.51. The van der Waals surface area contributed by atoms with Crippen LogP contribution in [0.3, 0.4) is 0 Å². The lowest BCUT2D eigenvalue weighted by molar-refractivity contribution is -0.127. The normalized spacial score (nSPS) is 12.1. The van der Waals surface area contributed by atoms with E-state index in [0.29, 0.717) is 18.2 Å². The van der Waals surface area contributed by atoms with Gasteiger partial charge in [0.15, 0.2) is 22.5 Å². The molecule has 2 heterocycles. The van der Waals surface area contributed by atoms with Crippen LogP contribution < -0.4 is 9.47 Å². The summed E-state index contributed by atoms with van der Waals surface area (Å²) in [6, 6.07) is 24.1. The van der Waals surface area contributed by atoms with Crippen LogP contribution in [0.5, 0.6) is 11.5 Å². The van der Waals surface area contributed by atoms with Gasteiger partial charge in [-0.1, -0.05) is 78.0 Å². The Morgan fingerprint density at radius 1 is 0.971 bits per heavy atom. The Kier molecular flexibility index (Phi) is 6.72. The van der Waals surface area contributed by atoms with Gasteiger partial charge < -0.3 is 14.4 Å². The summed E-state index contributed by atoms with van der Waals surface area (Å²) < 4.78 is 13.0. The Hall–Kier alpha value is -3.78. The topological polar surface area (TPSA) is 69.5 Å². The molecule has 0 bridgehead atoms. The molecular formula is C27H26N4O3S. The summed E-state index contributed by atoms with van der Waals surface area (Å²) >= 11 is 1.40. The lowest BCUT2D eigenvalue weighted by Gasteiger charge is -2.17. The summed E-state index contributed by atoms with van der Waals surface area (Å²) in [7, 11) is 1.83. The summed E-state index contributed by atoms with van der Waals surface area (Å²) in [5.41, 5.74) is 4.31. The van der Waals surface area contributed by atoms with Crippen molar-refractivity contribution in [3.63, 3.8) is 0 Å². The van der Waals surface area contributed by atoms with E-state index in [1.54, 1.807) is 4.90 Å². The van der Waals surface area contributed by atoms with Crippen molar-refractivity contribution >= 4 is 17.7 Å². The van der Waals surface area contributed by atoms with Gasteiger partial charge in [0.2, 0.25) is 12.7 Å². The largest absolute Gasteiger partial charge is 0.454 e. The number of rotatable bonds is 8. The van der Waals surface area contributed by atoms with Crippen molar-refractivity contribution in [2.45, 2.75) is 25.2 Å². The van der Waals surface area contributed by atoms with E-state index < -0.39 is 0 Å². The van der Waals surface area contributed by atoms with Gasteiger partial charge in [0, 0.05) is 19.2 Å². The number of ether oxygens (including phenoxy) is 2. The number of thioether (sulfide) groups is 1. The number of carbonyl (C=O) groups is 1. The molecule has 0 unspecified atom stereocenters. The standard InChI is InChI=1S/C27H26N4O3S/c1-19-8-10-20(11-9-19)15-30(2)25(32)17-35-27-29-28-26(22-6-4-3-5-7-22)31(27)16-21-12-13-23-24(14-21)34-18-33-23/h3-14H,15-18H2,1-2H3. The van der Waals surface area contributed by atoms with Crippen molar-refractivity contribution in [1.29, 1.82) is 0 Å². The zero-order valence-corrected chi connectivity index (χ0v) is 20.5. The lowest BCUT2D eigenvalue weighted by Crippen LogP contribution is -2.27. The monoisotopic (exact) mass is 486 g/mol. The number of aryl methyl sites for hydroxylation is 1. The minimum Gasteiger partial charge on any atom is -0.454 e. The highest BCUT2D eigenvalue weighted by atomic mass is 32.2. The minimum absolute atomic E-state index is 0.0365. The second-order valence-corrected chi connectivity index (χ2v) is 9.41. The highest BCUT2D eigenvalue weighted by Crippen LogP contribution is 2.33. The molecule has 0 radical (unpaired) electrons. The van der Waals surface area contributed by atoms with Crippen LogP contribution in [-0.2, 0) is 17.9 Å². The molecule has 0 fully saturated rings. The predicted octanol–water partition coefficient (Wildman–Crippen LogP) is 4.78. The molecule has 178 valence electrons. The number of benzene rings is 3. The number of carbonyl (C=O) groups excluding carboxylic acids is 1. The molecule has 3 aromatic carbocycles. The number of hydrogen-bond donors (Lipinski definition) is 0. The fourth-order valence-electron chi connectivity index (χ4n) is 3.85. The van der Waals surface area contributed by atoms with Gasteiger partial charge >= 0.3 is 0 Å². The van der Waals surface area contributed by atoms with Crippen molar-refractivity contribution in [2.75, 3.05) is 19.6 Å². The van der Waals surface area contributed by atoms with Gasteiger partial charge in [-0.05, 0) is 30.2 Å². The zero-order chi connectivity index (χ0) is 24.2. The Bertz CT molecular complexity index is 1320. The van der Waals surface area contributed by atoms with Gasteiger partial charge in [-0.25, -0.2) is 0 Å². The molecule has 5 rings (SSSR count). The summed E-state index contributed by atoms with van der Waals surface area (Å²) in [6.07, 6.45) is 0. The summed E-state index contributed by atoms with van der Waals surface area (Å²) in [5, 5.41) is 9.59. The van der Waals surface area contributed by atoms with Crippen LogP contribution in [0.25, 0.3) is 11.4 Å². The first-order valence-corrected chi connectivity index (χ1v) is 12.3. The Morgan fingerprint density at radius 2 is 1.71 bits per heavy atom. The van der Waals surface area contributed by atoms with Gasteiger partial charge in [0.05, 0.1) is 12.3 Å². The third-order valence-electron chi connectivity index (χ3n) is 5.82. The predicted molar refractivity (Wildman–Crippen MR) is 136 cm³/mol. The van der Waals surface area contributed by atoms with Crippen LogP contribution in [0.2, 0.25) is 0 Å². The molecule has 0 atom stereocenters. The zero-order valence-electron chi connectivity index (χ0n) is 19.7. The fraction of sp³-hybridized carbons (Fsp3) is 0.222. The first kappa shape index (κ1) is 23.0. The molecule has 0 spiro atoms. The Balaban J connectivity index is 1.34. The maximum Gasteiger partial charge on any atom is 0.233 e. The number of amides is 1.